The number of aromatic amines is 2. The summed E-state index contributed by atoms with van der Waals surface area (Å²) in [6.45, 7) is 6.75. The third kappa shape index (κ3) is 4.73. The highest BCUT2D eigenvalue weighted by molar-refractivity contribution is 7.71. The van der Waals surface area contributed by atoms with E-state index in [0.29, 0.717) is 5.56 Å². The van der Waals surface area contributed by atoms with Crippen LogP contribution in [0.5, 0.6) is 5.88 Å². The first kappa shape index (κ1) is 21.5. The zero-order valence-electron chi connectivity index (χ0n) is 15.8. The zero-order valence-corrected chi connectivity index (χ0v) is 17.5. The fourth-order valence-electron chi connectivity index (χ4n) is 2.18. The number of thiophene rings is 1. The van der Waals surface area contributed by atoms with Gasteiger partial charge in [0.1, 0.15) is 26.6 Å². The first-order chi connectivity index (χ1) is 12.9. The van der Waals surface area contributed by atoms with Gasteiger partial charge in [0.2, 0.25) is 5.88 Å². The van der Waals surface area contributed by atoms with Crippen LogP contribution in [0.15, 0.2) is 9.79 Å². The first-order valence-electron chi connectivity index (χ1n) is 7.99. The lowest BCUT2D eigenvalue weighted by molar-refractivity contribution is 0.00745. The number of methoxy groups -OCH3 is 1. The number of aliphatic imine (C=N–C) groups is 1. The molecule has 0 atom stereocenters. The Labute approximate surface area is 169 Å². The number of nitrogens with zero attached hydrogens (tertiary/aromatic N) is 1. The quantitative estimate of drug-likeness (QED) is 0.389. The number of hydrogen-bond acceptors (Lipinski definition) is 9. The summed E-state index contributed by atoms with van der Waals surface area (Å²) in [4.78, 5) is 45.6. The summed E-state index contributed by atoms with van der Waals surface area (Å²) in [7, 11) is 1.20. The van der Waals surface area contributed by atoms with Gasteiger partial charge in [0.15, 0.2) is 4.77 Å². The normalized spacial score (nSPS) is 11.6. The van der Waals surface area contributed by atoms with E-state index in [1.165, 1.54) is 7.11 Å². The highest BCUT2D eigenvalue weighted by Gasteiger charge is 2.28. The molecule has 0 saturated carbocycles. The molecule has 28 heavy (non-hydrogen) atoms. The summed E-state index contributed by atoms with van der Waals surface area (Å²) >= 11 is 5.68. The lowest BCUT2D eigenvalue weighted by atomic mass is 10.1. The fourth-order valence-corrected chi connectivity index (χ4v) is 3.38. The van der Waals surface area contributed by atoms with E-state index in [9.17, 15) is 19.5 Å². The van der Waals surface area contributed by atoms with Crippen molar-refractivity contribution in [2.45, 2.75) is 33.3 Å². The van der Waals surface area contributed by atoms with Crippen molar-refractivity contribution >= 4 is 46.7 Å². The second kappa shape index (κ2) is 8.07. The molecule has 0 spiro atoms. The van der Waals surface area contributed by atoms with Crippen molar-refractivity contribution in [3.8, 4) is 5.88 Å². The van der Waals surface area contributed by atoms with E-state index in [1.54, 1.807) is 27.7 Å². The number of esters is 2. The maximum absolute atomic E-state index is 12.5. The predicted molar refractivity (Wildman–Crippen MR) is 107 cm³/mol. The van der Waals surface area contributed by atoms with Crippen molar-refractivity contribution < 1.29 is 24.2 Å². The Morgan fingerprint density at radius 1 is 1.25 bits per heavy atom. The SMILES string of the molecule is COC(=O)c1c(/N=C/c2c(O)[nH]c(=S)[nH]c2=O)sc(C(=O)OC(C)(C)C)c1C. The van der Waals surface area contributed by atoms with Crippen LogP contribution in [-0.2, 0) is 9.47 Å². The molecule has 0 radical (unpaired) electrons. The number of nitrogens with one attached hydrogen (secondary N) is 2. The maximum atomic E-state index is 12.5. The molecule has 0 aliphatic carbocycles. The highest BCUT2D eigenvalue weighted by atomic mass is 32.1. The van der Waals surface area contributed by atoms with Gasteiger partial charge in [-0.15, -0.1) is 11.3 Å². The molecule has 0 aliphatic heterocycles. The van der Waals surface area contributed by atoms with Gasteiger partial charge < -0.3 is 19.6 Å². The fraction of sp³-hybridized carbons (Fsp3) is 0.353. The van der Waals surface area contributed by atoms with Crippen molar-refractivity contribution in [1.82, 2.24) is 9.97 Å². The number of carbonyl (C=O) groups excluding carboxylic acids is 2. The predicted octanol–water partition coefficient (Wildman–Crippen LogP) is 3.00. The van der Waals surface area contributed by atoms with E-state index >= 15 is 0 Å². The van der Waals surface area contributed by atoms with Crippen molar-refractivity contribution in [3.63, 3.8) is 0 Å². The van der Waals surface area contributed by atoms with Crippen LogP contribution in [0.4, 0.5) is 5.00 Å². The largest absolute Gasteiger partial charge is 0.494 e. The summed E-state index contributed by atoms with van der Waals surface area (Å²) in [6.07, 6.45) is 1.07. The lowest BCUT2D eigenvalue weighted by Gasteiger charge is -2.19. The van der Waals surface area contributed by atoms with Crippen molar-refractivity contribution in [2.75, 3.05) is 7.11 Å². The molecule has 3 N–H and O–H groups in total. The summed E-state index contributed by atoms with van der Waals surface area (Å²) < 4.78 is 10.1. The Bertz CT molecular complexity index is 1070. The van der Waals surface area contributed by atoms with E-state index < -0.39 is 29.0 Å². The van der Waals surface area contributed by atoms with E-state index in [-0.39, 0.29) is 25.8 Å². The monoisotopic (exact) mass is 425 g/mol. The van der Waals surface area contributed by atoms with Crippen LogP contribution in [0.2, 0.25) is 0 Å². The van der Waals surface area contributed by atoms with Gasteiger partial charge in [-0.2, -0.15) is 0 Å². The third-order valence-electron chi connectivity index (χ3n) is 3.37. The lowest BCUT2D eigenvalue weighted by Crippen LogP contribution is -2.23. The standard InChI is InChI=1S/C17H19N3O6S2/c1-7-9(14(23)25-5)13(28-10(7)15(24)26-17(2,3)4)18-6-8-11(21)19-16(27)20-12(8)22/h6H,1-5H3,(H3,19,20,21,22,27)/b18-6+. The minimum absolute atomic E-state index is 0.0471. The van der Waals surface area contributed by atoms with Gasteiger partial charge in [0.05, 0.1) is 7.11 Å². The Morgan fingerprint density at radius 2 is 1.89 bits per heavy atom. The zero-order chi connectivity index (χ0) is 21.2. The molecule has 2 aromatic heterocycles. The summed E-state index contributed by atoms with van der Waals surface area (Å²) in [5, 5.41) is 9.99. The minimum Gasteiger partial charge on any atom is -0.494 e. The Morgan fingerprint density at radius 3 is 2.43 bits per heavy atom. The molecule has 9 nitrogen and oxygen atoms in total. The Hall–Kier alpha value is -2.79. The van der Waals surface area contributed by atoms with Crippen LogP contribution in [0.1, 0.15) is 51.9 Å². The first-order valence-corrected chi connectivity index (χ1v) is 9.21. The maximum Gasteiger partial charge on any atom is 0.349 e. The van der Waals surface area contributed by atoms with Gasteiger partial charge in [-0.1, -0.05) is 0 Å². The molecular weight excluding hydrogens is 406 g/mol. The number of carbonyl (C=O) groups is 2. The number of aromatic hydroxyl groups is 1. The molecule has 0 saturated heterocycles. The molecule has 2 rings (SSSR count). The molecule has 0 fully saturated rings. The number of rotatable bonds is 4. The molecular formula is C17H19N3O6S2. The summed E-state index contributed by atoms with van der Waals surface area (Å²) in [6, 6.07) is 0. The van der Waals surface area contributed by atoms with Crippen molar-refractivity contribution in [1.29, 1.82) is 0 Å². The van der Waals surface area contributed by atoms with E-state index in [4.69, 9.17) is 21.7 Å². The molecule has 150 valence electrons. The van der Waals surface area contributed by atoms with Crippen LogP contribution in [0, 0.1) is 11.7 Å². The van der Waals surface area contributed by atoms with Crippen LogP contribution >= 0.6 is 23.6 Å². The molecule has 2 heterocycles. The molecule has 0 bridgehead atoms. The molecule has 11 heteroatoms. The van der Waals surface area contributed by atoms with Crippen molar-refractivity contribution in [3.05, 3.63) is 36.7 Å². The number of H-pyrrole nitrogens is 2. The number of ether oxygens (including phenoxy) is 2. The average Bonchev–Trinajstić information content (AvgIpc) is 2.88. The van der Waals surface area contributed by atoms with Crippen LogP contribution in [0.3, 0.4) is 0 Å². The molecule has 0 unspecified atom stereocenters. The molecule has 0 aromatic carbocycles. The van der Waals surface area contributed by atoms with Gasteiger partial charge in [0.25, 0.3) is 5.56 Å². The smallest absolute Gasteiger partial charge is 0.349 e. The summed E-state index contributed by atoms with van der Waals surface area (Å²) in [5.41, 5.74) is -1.14. The minimum atomic E-state index is -0.719. The topological polar surface area (TPSA) is 134 Å². The van der Waals surface area contributed by atoms with Crippen LogP contribution in [-0.4, -0.2) is 45.9 Å². The Kier molecular flexibility index (Phi) is 6.20. The van der Waals surface area contributed by atoms with Crippen LogP contribution < -0.4 is 5.56 Å². The van der Waals surface area contributed by atoms with Gasteiger partial charge in [-0.3, -0.25) is 9.78 Å². The van der Waals surface area contributed by atoms with Gasteiger partial charge >= 0.3 is 11.9 Å². The van der Waals surface area contributed by atoms with Crippen molar-refractivity contribution in [2.24, 2.45) is 4.99 Å². The number of hydrogen-bond donors (Lipinski definition) is 3. The van der Waals surface area contributed by atoms with E-state index in [2.05, 4.69) is 15.0 Å². The Balaban J connectivity index is 2.56. The summed E-state index contributed by atoms with van der Waals surface area (Å²) in [5.74, 6) is -1.77. The molecule has 0 amide bonds. The van der Waals surface area contributed by atoms with E-state index in [1.807, 2.05) is 0 Å². The second-order valence-electron chi connectivity index (χ2n) is 6.66. The molecule has 0 aliphatic rings. The third-order valence-corrected chi connectivity index (χ3v) is 4.76. The van der Waals surface area contributed by atoms with Crippen LogP contribution in [0.25, 0.3) is 0 Å². The highest BCUT2D eigenvalue weighted by Crippen LogP contribution is 2.37. The van der Waals surface area contributed by atoms with Gasteiger partial charge in [0, 0.05) is 6.21 Å². The molecule has 2 aromatic rings. The number of aromatic nitrogens is 2. The second-order valence-corrected chi connectivity index (χ2v) is 8.07. The van der Waals surface area contributed by atoms with E-state index in [0.717, 1.165) is 17.6 Å². The van der Waals surface area contributed by atoms with Gasteiger partial charge in [-0.25, -0.2) is 14.6 Å². The van der Waals surface area contributed by atoms with Gasteiger partial charge in [-0.05, 0) is 45.5 Å². The average molecular weight is 425 g/mol.